The highest BCUT2D eigenvalue weighted by molar-refractivity contribution is 6.30. The summed E-state index contributed by atoms with van der Waals surface area (Å²) in [6, 6.07) is 0. The van der Waals surface area contributed by atoms with Crippen LogP contribution in [0.15, 0.2) is 0 Å². The van der Waals surface area contributed by atoms with Crippen molar-refractivity contribution in [1.29, 1.82) is 0 Å². The van der Waals surface area contributed by atoms with Gasteiger partial charge in [-0.1, -0.05) is 32.4 Å². The highest BCUT2D eigenvalue weighted by Gasteiger charge is 2.29. The Kier molecular flexibility index (Phi) is 3.41. The second-order valence-electron chi connectivity index (χ2n) is 6.19. The number of nitrogens with zero attached hydrogens (tertiary/aromatic N) is 2. The van der Waals surface area contributed by atoms with Crippen LogP contribution in [0.2, 0.25) is 5.15 Å². The van der Waals surface area contributed by atoms with Gasteiger partial charge in [-0.05, 0) is 18.3 Å². The van der Waals surface area contributed by atoms with Crippen molar-refractivity contribution in [2.45, 2.75) is 46.6 Å². The largest absolute Gasteiger partial charge is 0.481 e. The second-order valence-corrected chi connectivity index (χ2v) is 6.55. The van der Waals surface area contributed by atoms with Gasteiger partial charge in [0.15, 0.2) is 5.15 Å². The zero-order valence-electron chi connectivity index (χ0n) is 11.0. The van der Waals surface area contributed by atoms with Gasteiger partial charge in [0.2, 0.25) is 0 Å². The molecule has 100 valence electrons. The van der Waals surface area contributed by atoms with Gasteiger partial charge in [0.05, 0.1) is 11.6 Å². The number of rotatable bonds is 2. The second kappa shape index (κ2) is 4.57. The van der Waals surface area contributed by atoms with Gasteiger partial charge < -0.3 is 9.67 Å². The Bertz CT molecular complexity index is 474. The van der Waals surface area contributed by atoms with Gasteiger partial charge in [0.1, 0.15) is 5.82 Å². The van der Waals surface area contributed by atoms with Crippen molar-refractivity contribution in [3.63, 3.8) is 0 Å². The molecule has 0 saturated carbocycles. The zero-order chi connectivity index (χ0) is 13.5. The minimum atomic E-state index is -0.729. The fourth-order valence-corrected chi connectivity index (χ4v) is 2.69. The SMILES string of the molecule is CC(C)(C)Cc1nc(Cl)c2n1CC(C(=O)O)CC2. The first-order valence-electron chi connectivity index (χ1n) is 6.24. The molecule has 0 fully saturated rings. The minimum absolute atomic E-state index is 0.113. The molecule has 0 saturated heterocycles. The summed E-state index contributed by atoms with van der Waals surface area (Å²) in [5.41, 5.74) is 1.11. The lowest BCUT2D eigenvalue weighted by Gasteiger charge is -2.24. The van der Waals surface area contributed by atoms with Crippen LogP contribution >= 0.6 is 11.6 Å². The Balaban J connectivity index is 2.32. The van der Waals surface area contributed by atoms with Crippen LogP contribution < -0.4 is 0 Å². The normalized spacial score (nSPS) is 19.7. The number of carboxylic acid groups (broad SMARTS) is 1. The molecular formula is C13H19ClN2O2. The Morgan fingerprint density at radius 1 is 1.56 bits per heavy atom. The number of aliphatic carboxylic acids is 1. The molecule has 0 amide bonds. The first-order valence-corrected chi connectivity index (χ1v) is 6.62. The number of hydrogen-bond acceptors (Lipinski definition) is 2. The van der Waals surface area contributed by atoms with Gasteiger partial charge in [-0.25, -0.2) is 4.98 Å². The summed E-state index contributed by atoms with van der Waals surface area (Å²) in [5, 5.41) is 9.67. The van der Waals surface area contributed by atoms with Crippen LogP contribution in [-0.4, -0.2) is 20.6 Å². The average molecular weight is 271 g/mol. The van der Waals surface area contributed by atoms with Crippen LogP contribution in [0.4, 0.5) is 0 Å². The fourth-order valence-electron chi connectivity index (χ4n) is 2.39. The molecule has 4 nitrogen and oxygen atoms in total. The number of imidazole rings is 1. The van der Waals surface area contributed by atoms with E-state index in [1.165, 1.54) is 0 Å². The number of carboxylic acids is 1. The first kappa shape index (κ1) is 13.4. The van der Waals surface area contributed by atoms with Crippen molar-refractivity contribution in [3.8, 4) is 0 Å². The zero-order valence-corrected chi connectivity index (χ0v) is 11.8. The van der Waals surface area contributed by atoms with Crippen LogP contribution in [0.3, 0.4) is 0 Å². The van der Waals surface area contributed by atoms with Crippen molar-refractivity contribution >= 4 is 17.6 Å². The molecular weight excluding hydrogens is 252 g/mol. The Hall–Kier alpha value is -1.03. The molecule has 5 heteroatoms. The third-order valence-corrected chi connectivity index (χ3v) is 3.58. The molecule has 18 heavy (non-hydrogen) atoms. The topological polar surface area (TPSA) is 55.1 Å². The molecule has 0 radical (unpaired) electrons. The Morgan fingerprint density at radius 3 is 2.78 bits per heavy atom. The monoisotopic (exact) mass is 270 g/mol. The molecule has 0 aliphatic carbocycles. The van der Waals surface area contributed by atoms with E-state index in [0.717, 1.165) is 17.9 Å². The molecule has 0 aromatic carbocycles. The van der Waals surface area contributed by atoms with E-state index >= 15 is 0 Å². The van der Waals surface area contributed by atoms with E-state index in [0.29, 0.717) is 24.5 Å². The highest BCUT2D eigenvalue weighted by Crippen LogP contribution is 2.30. The van der Waals surface area contributed by atoms with E-state index < -0.39 is 5.97 Å². The van der Waals surface area contributed by atoms with Gasteiger partial charge in [-0.15, -0.1) is 0 Å². The molecule has 1 unspecified atom stereocenters. The minimum Gasteiger partial charge on any atom is -0.481 e. The van der Waals surface area contributed by atoms with Crippen LogP contribution in [0.25, 0.3) is 0 Å². The van der Waals surface area contributed by atoms with Crippen molar-refractivity contribution in [3.05, 3.63) is 16.7 Å². The number of aromatic nitrogens is 2. The van der Waals surface area contributed by atoms with Crippen LogP contribution in [0.5, 0.6) is 0 Å². The van der Waals surface area contributed by atoms with E-state index in [9.17, 15) is 4.79 Å². The van der Waals surface area contributed by atoms with Gasteiger partial charge >= 0.3 is 5.97 Å². The van der Waals surface area contributed by atoms with Crippen molar-refractivity contribution < 1.29 is 9.90 Å². The van der Waals surface area contributed by atoms with Crippen molar-refractivity contribution in [2.75, 3.05) is 0 Å². The number of fused-ring (bicyclic) bond motifs is 1. The van der Waals surface area contributed by atoms with Gasteiger partial charge in [-0.3, -0.25) is 4.79 Å². The van der Waals surface area contributed by atoms with E-state index in [-0.39, 0.29) is 11.3 Å². The van der Waals surface area contributed by atoms with Crippen molar-refractivity contribution in [2.24, 2.45) is 11.3 Å². The molecule has 1 aliphatic rings. The van der Waals surface area contributed by atoms with Crippen molar-refractivity contribution in [1.82, 2.24) is 9.55 Å². The number of hydrogen-bond donors (Lipinski definition) is 1. The summed E-state index contributed by atoms with van der Waals surface area (Å²) < 4.78 is 2.01. The molecule has 2 rings (SSSR count). The third kappa shape index (κ3) is 2.69. The molecule has 1 aromatic heterocycles. The molecule has 1 aliphatic heterocycles. The van der Waals surface area contributed by atoms with Crippen LogP contribution in [0.1, 0.15) is 38.7 Å². The fraction of sp³-hybridized carbons (Fsp3) is 0.692. The third-order valence-electron chi connectivity index (χ3n) is 3.27. The molecule has 1 N–H and O–H groups in total. The lowest BCUT2D eigenvalue weighted by molar-refractivity contribution is -0.142. The standard InChI is InChI=1S/C13H19ClN2O2/c1-13(2,3)6-10-15-11(14)9-5-4-8(12(17)18)7-16(9)10/h8H,4-7H2,1-3H3,(H,17,18). The molecule has 0 spiro atoms. The molecule has 0 bridgehead atoms. The smallest absolute Gasteiger partial charge is 0.308 e. The van der Waals surface area contributed by atoms with Gasteiger partial charge in [-0.2, -0.15) is 0 Å². The van der Waals surface area contributed by atoms with Gasteiger partial charge in [0, 0.05) is 13.0 Å². The van der Waals surface area contributed by atoms with Crippen LogP contribution in [0, 0.1) is 11.3 Å². The molecule has 2 heterocycles. The van der Waals surface area contributed by atoms with E-state index in [4.69, 9.17) is 16.7 Å². The first-order chi connectivity index (χ1) is 8.28. The Labute approximate surface area is 112 Å². The average Bonchev–Trinajstić information content (AvgIpc) is 2.53. The van der Waals surface area contributed by atoms with E-state index in [1.807, 2.05) is 4.57 Å². The number of carbonyl (C=O) groups is 1. The quantitative estimate of drug-likeness (QED) is 0.899. The van der Waals surface area contributed by atoms with E-state index in [2.05, 4.69) is 25.8 Å². The predicted octanol–water partition coefficient (Wildman–Crippen LogP) is 2.77. The maximum absolute atomic E-state index is 11.1. The van der Waals surface area contributed by atoms with Gasteiger partial charge in [0.25, 0.3) is 0 Å². The summed E-state index contributed by atoms with van der Waals surface area (Å²) in [4.78, 5) is 15.5. The van der Waals surface area contributed by atoms with E-state index in [1.54, 1.807) is 0 Å². The highest BCUT2D eigenvalue weighted by atomic mass is 35.5. The molecule has 1 atom stereocenters. The summed E-state index contributed by atoms with van der Waals surface area (Å²) in [6.07, 6.45) is 2.15. The maximum atomic E-state index is 11.1. The lowest BCUT2D eigenvalue weighted by atomic mass is 9.91. The summed E-state index contributed by atoms with van der Waals surface area (Å²) in [7, 11) is 0. The summed E-state index contributed by atoms with van der Waals surface area (Å²) in [6.45, 7) is 6.91. The van der Waals surface area contributed by atoms with Crippen LogP contribution in [-0.2, 0) is 24.2 Å². The Morgan fingerprint density at radius 2 is 2.22 bits per heavy atom. The number of halogens is 1. The molecule has 1 aromatic rings. The summed E-state index contributed by atoms with van der Waals surface area (Å²) in [5.74, 6) is -0.137. The maximum Gasteiger partial charge on any atom is 0.308 e. The lowest BCUT2D eigenvalue weighted by Crippen LogP contribution is -2.28. The predicted molar refractivity (Wildman–Crippen MR) is 69.8 cm³/mol. The summed E-state index contributed by atoms with van der Waals surface area (Å²) >= 11 is 6.14.